The second-order valence-electron chi connectivity index (χ2n) is 6.11. The Labute approximate surface area is 135 Å². The first-order chi connectivity index (χ1) is 10.1. The van der Waals surface area contributed by atoms with E-state index in [2.05, 4.69) is 10.2 Å². The van der Waals surface area contributed by atoms with Gasteiger partial charge in [0.1, 0.15) is 0 Å². The van der Waals surface area contributed by atoms with Gasteiger partial charge in [-0.15, -0.1) is 0 Å². The van der Waals surface area contributed by atoms with Crippen LogP contribution in [0.1, 0.15) is 31.2 Å². The normalized spacial score (nSPS) is 23.0. The summed E-state index contributed by atoms with van der Waals surface area (Å²) in [5, 5.41) is 4.38. The molecule has 0 bridgehead atoms. The first kappa shape index (κ1) is 15.1. The zero-order valence-corrected chi connectivity index (χ0v) is 13.5. The summed E-state index contributed by atoms with van der Waals surface area (Å²) in [5.74, 6) is 0.534. The number of hydrogen-bond acceptors (Lipinski definition) is 2. The largest absolute Gasteiger partial charge is 0.352 e. The van der Waals surface area contributed by atoms with Gasteiger partial charge in [-0.3, -0.25) is 9.69 Å². The lowest BCUT2D eigenvalue weighted by molar-refractivity contribution is -0.123. The lowest BCUT2D eigenvalue weighted by atomic mass is 10.0. The van der Waals surface area contributed by atoms with Crippen molar-refractivity contribution in [3.05, 3.63) is 33.8 Å². The van der Waals surface area contributed by atoms with Crippen molar-refractivity contribution in [2.45, 2.75) is 38.3 Å². The van der Waals surface area contributed by atoms with Gasteiger partial charge in [0.2, 0.25) is 5.91 Å². The number of benzene rings is 1. The summed E-state index contributed by atoms with van der Waals surface area (Å²) in [5.41, 5.74) is 1.17. The van der Waals surface area contributed by atoms with Crippen LogP contribution in [-0.2, 0) is 11.3 Å². The molecule has 21 heavy (non-hydrogen) atoms. The van der Waals surface area contributed by atoms with E-state index in [1.807, 2.05) is 18.2 Å². The van der Waals surface area contributed by atoms with E-state index >= 15 is 0 Å². The summed E-state index contributed by atoms with van der Waals surface area (Å²) in [4.78, 5) is 14.2. The van der Waals surface area contributed by atoms with E-state index in [9.17, 15) is 4.79 Å². The SMILES string of the molecule is O=C(NC1CCCN(Cc2ccc(Cl)c(Cl)c2)C1)C1CC1. The predicted molar refractivity (Wildman–Crippen MR) is 85.6 cm³/mol. The number of rotatable bonds is 4. The number of carbonyl (C=O) groups excluding carboxylic acids is 1. The summed E-state index contributed by atoms with van der Waals surface area (Å²) < 4.78 is 0. The van der Waals surface area contributed by atoms with Crippen molar-refractivity contribution in [3.8, 4) is 0 Å². The van der Waals surface area contributed by atoms with Crippen LogP contribution in [0.15, 0.2) is 18.2 Å². The van der Waals surface area contributed by atoms with Crippen molar-refractivity contribution in [2.24, 2.45) is 5.92 Å². The third-order valence-corrected chi connectivity index (χ3v) is 4.93. The lowest BCUT2D eigenvalue weighted by Gasteiger charge is -2.33. The minimum atomic E-state index is 0.247. The fourth-order valence-electron chi connectivity index (χ4n) is 2.88. The van der Waals surface area contributed by atoms with Crippen molar-refractivity contribution >= 4 is 29.1 Å². The van der Waals surface area contributed by atoms with Gasteiger partial charge in [-0.25, -0.2) is 0 Å². The van der Waals surface area contributed by atoms with Crippen molar-refractivity contribution in [1.29, 1.82) is 0 Å². The minimum absolute atomic E-state index is 0.247. The molecule has 1 N–H and O–H groups in total. The lowest BCUT2D eigenvalue weighted by Crippen LogP contribution is -2.47. The van der Waals surface area contributed by atoms with Gasteiger partial charge in [-0.1, -0.05) is 29.3 Å². The quantitative estimate of drug-likeness (QED) is 0.918. The molecule has 3 nitrogen and oxygen atoms in total. The second-order valence-corrected chi connectivity index (χ2v) is 6.92. The Bertz CT molecular complexity index is 531. The van der Waals surface area contributed by atoms with E-state index < -0.39 is 0 Å². The number of nitrogens with zero attached hydrogens (tertiary/aromatic N) is 1. The van der Waals surface area contributed by atoms with Crippen LogP contribution in [0.5, 0.6) is 0 Å². The summed E-state index contributed by atoms with van der Waals surface area (Å²) in [6.45, 7) is 2.83. The van der Waals surface area contributed by atoms with Gasteiger partial charge < -0.3 is 5.32 Å². The maximum atomic E-state index is 11.9. The first-order valence-electron chi connectivity index (χ1n) is 7.58. The van der Waals surface area contributed by atoms with Crippen LogP contribution in [0.3, 0.4) is 0 Å². The summed E-state index contributed by atoms with van der Waals surface area (Å²) in [6.07, 6.45) is 4.32. The van der Waals surface area contributed by atoms with Gasteiger partial charge in [0.15, 0.2) is 0 Å². The molecular formula is C16H20Cl2N2O. The molecule has 5 heteroatoms. The summed E-state index contributed by atoms with van der Waals surface area (Å²) in [6, 6.07) is 6.07. The molecule has 1 amide bonds. The van der Waals surface area contributed by atoms with Crippen molar-refractivity contribution in [3.63, 3.8) is 0 Å². The molecule has 1 aromatic rings. The number of amides is 1. The molecule has 114 valence electrons. The average Bonchev–Trinajstić information content (AvgIpc) is 3.28. The van der Waals surface area contributed by atoms with Gasteiger partial charge in [0.25, 0.3) is 0 Å². The van der Waals surface area contributed by atoms with Crippen LogP contribution in [0, 0.1) is 5.92 Å². The second kappa shape index (κ2) is 6.55. The molecule has 3 rings (SSSR count). The number of halogens is 2. The average molecular weight is 327 g/mol. The fourth-order valence-corrected chi connectivity index (χ4v) is 3.20. The zero-order valence-electron chi connectivity index (χ0n) is 11.9. The molecule has 1 unspecified atom stereocenters. The van der Waals surface area contributed by atoms with E-state index in [0.29, 0.717) is 10.0 Å². The van der Waals surface area contributed by atoms with Gasteiger partial charge in [0.05, 0.1) is 10.0 Å². The minimum Gasteiger partial charge on any atom is -0.352 e. The van der Waals surface area contributed by atoms with Gasteiger partial charge >= 0.3 is 0 Å². The number of likely N-dealkylation sites (tertiary alicyclic amines) is 1. The van der Waals surface area contributed by atoms with Crippen molar-refractivity contribution in [2.75, 3.05) is 13.1 Å². The Morgan fingerprint density at radius 1 is 1.24 bits per heavy atom. The van der Waals surface area contributed by atoms with Crippen molar-refractivity contribution < 1.29 is 4.79 Å². The number of piperidine rings is 1. The van der Waals surface area contributed by atoms with Crippen LogP contribution in [0.25, 0.3) is 0 Å². The number of carbonyl (C=O) groups is 1. The Morgan fingerprint density at radius 3 is 2.76 bits per heavy atom. The van der Waals surface area contributed by atoms with Crippen LogP contribution < -0.4 is 5.32 Å². The maximum absolute atomic E-state index is 11.9. The highest BCUT2D eigenvalue weighted by Gasteiger charge is 2.31. The van der Waals surface area contributed by atoms with Crippen LogP contribution in [-0.4, -0.2) is 29.9 Å². The Balaban J connectivity index is 1.55. The third kappa shape index (κ3) is 4.12. The molecule has 0 radical (unpaired) electrons. The molecule has 2 aliphatic rings. The van der Waals surface area contributed by atoms with Crippen molar-refractivity contribution in [1.82, 2.24) is 10.2 Å². The number of hydrogen-bond donors (Lipinski definition) is 1. The maximum Gasteiger partial charge on any atom is 0.223 e. The molecule has 0 spiro atoms. The van der Waals surface area contributed by atoms with E-state index in [1.165, 1.54) is 5.56 Å². The molecule has 1 aromatic carbocycles. The molecule has 0 aromatic heterocycles. The van der Waals surface area contributed by atoms with Gasteiger partial charge in [0, 0.05) is 25.0 Å². The molecule has 1 aliphatic carbocycles. The molecule has 2 fully saturated rings. The highest BCUT2D eigenvalue weighted by molar-refractivity contribution is 6.42. The molecule has 1 heterocycles. The molecule has 1 atom stereocenters. The smallest absolute Gasteiger partial charge is 0.223 e. The fraction of sp³-hybridized carbons (Fsp3) is 0.562. The predicted octanol–water partition coefficient (Wildman–Crippen LogP) is 3.48. The summed E-state index contributed by atoms with van der Waals surface area (Å²) >= 11 is 12.0. The van der Waals surface area contributed by atoms with Gasteiger partial charge in [-0.2, -0.15) is 0 Å². The van der Waals surface area contributed by atoms with E-state index in [4.69, 9.17) is 23.2 Å². The monoisotopic (exact) mass is 326 g/mol. The Kier molecular flexibility index (Phi) is 4.72. The standard InChI is InChI=1S/C16H20Cl2N2O/c17-14-6-3-11(8-15(14)18)9-20-7-1-2-13(10-20)19-16(21)12-4-5-12/h3,6,8,12-13H,1-2,4-5,7,9-10H2,(H,19,21). The molecule has 1 saturated heterocycles. The zero-order chi connectivity index (χ0) is 14.8. The molecular weight excluding hydrogens is 307 g/mol. The topological polar surface area (TPSA) is 32.3 Å². The van der Waals surface area contributed by atoms with Gasteiger partial charge in [-0.05, 0) is 49.9 Å². The molecule has 1 saturated carbocycles. The Morgan fingerprint density at radius 2 is 2.05 bits per heavy atom. The number of nitrogens with one attached hydrogen (secondary N) is 1. The van der Waals surface area contributed by atoms with Crippen LogP contribution >= 0.6 is 23.2 Å². The molecule has 1 aliphatic heterocycles. The van der Waals surface area contributed by atoms with E-state index in [-0.39, 0.29) is 17.9 Å². The Hall–Kier alpha value is -0.770. The van der Waals surface area contributed by atoms with Crippen LogP contribution in [0.2, 0.25) is 10.0 Å². The van der Waals surface area contributed by atoms with E-state index in [1.54, 1.807) is 0 Å². The van der Waals surface area contributed by atoms with E-state index in [0.717, 1.165) is 45.3 Å². The first-order valence-corrected chi connectivity index (χ1v) is 8.34. The summed E-state index contributed by atoms with van der Waals surface area (Å²) in [7, 11) is 0. The highest BCUT2D eigenvalue weighted by Crippen LogP contribution is 2.29. The van der Waals surface area contributed by atoms with Crippen LogP contribution in [0.4, 0.5) is 0 Å². The highest BCUT2D eigenvalue weighted by atomic mass is 35.5. The third-order valence-electron chi connectivity index (χ3n) is 4.19.